The summed E-state index contributed by atoms with van der Waals surface area (Å²) in [5, 5.41) is 41.5. The van der Waals surface area contributed by atoms with E-state index in [0.717, 1.165) is 6.26 Å². The number of carbonyl (C=O) groups excluding carboxylic acids is 2. The molecule has 0 atom stereocenters. The van der Waals surface area contributed by atoms with Crippen molar-refractivity contribution in [3.63, 3.8) is 0 Å². The minimum Gasteiger partial charge on any atom is -0.499 e. The number of anilines is 2. The molecular formula is C30H42Cl2N22O9S. The molecule has 3 amide bonds. The lowest BCUT2D eigenvalue weighted by Crippen LogP contribution is -2.21. The number of nitrogens with zero attached hydrogens (tertiary/aromatic N) is 13. The van der Waals surface area contributed by atoms with E-state index in [1.165, 1.54) is 32.6 Å². The fourth-order valence-corrected chi connectivity index (χ4v) is 3.86. The van der Waals surface area contributed by atoms with Crippen molar-refractivity contribution in [1.82, 2.24) is 64.5 Å². The van der Waals surface area contributed by atoms with E-state index in [0.29, 0.717) is 51.0 Å². The van der Waals surface area contributed by atoms with E-state index < -0.39 is 33.6 Å². The molecule has 0 unspecified atom stereocenters. The Balaban J connectivity index is 0. The largest absolute Gasteiger partial charge is 0.499 e. The zero-order valence-electron chi connectivity index (χ0n) is 34.3. The number of allylic oxidation sites excluding steroid dienone is 1. The number of amides is 3. The normalized spacial score (nSPS) is 9.31. The first-order valence-corrected chi connectivity index (χ1v) is 18.5. The number of hydrogen-bond donors (Lipinski definition) is 11. The third kappa shape index (κ3) is 22.4. The van der Waals surface area contributed by atoms with Gasteiger partial charge in [0.05, 0.1) is 36.8 Å². The molecule has 0 radical (unpaired) electrons. The van der Waals surface area contributed by atoms with Crippen molar-refractivity contribution >= 4 is 79.2 Å². The quantitative estimate of drug-likeness (QED) is 0.0174. The van der Waals surface area contributed by atoms with Crippen LogP contribution in [0.1, 0.15) is 22.8 Å². The van der Waals surface area contributed by atoms with E-state index in [1.807, 2.05) is 6.07 Å². The average Bonchev–Trinajstić information content (AvgIpc) is 3.95. The number of rotatable bonds is 3. The molecule has 0 aliphatic carbocycles. The summed E-state index contributed by atoms with van der Waals surface area (Å²) in [6.45, 7) is 2.26. The maximum atomic E-state index is 11.1. The molecular weight excluding hydrogens is 915 g/mol. The number of nitrogens with two attached hydrogens (primary N) is 6. The van der Waals surface area contributed by atoms with Crippen molar-refractivity contribution in [2.24, 2.45) is 51.2 Å². The number of aromatic amines is 2. The Kier molecular flexibility index (Phi) is 26.4. The Bertz CT molecular complexity index is 2810. The van der Waals surface area contributed by atoms with Gasteiger partial charge in [-0.2, -0.15) is 49.6 Å². The van der Waals surface area contributed by atoms with Gasteiger partial charge in [0.25, 0.3) is 11.5 Å². The summed E-state index contributed by atoms with van der Waals surface area (Å²) in [4.78, 5) is 53.7. The number of ether oxygens (including phenoxy) is 1. The molecule has 346 valence electrons. The molecule has 0 saturated carbocycles. The molecule has 0 fully saturated rings. The number of nitriles is 3. The molecule has 6 heterocycles. The average molecular weight is 958 g/mol. The summed E-state index contributed by atoms with van der Waals surface area (Å²) in [5.41, 5.74) is 27.3. The summed E-state index contributed by atoms with van der Waals surface area (Å²) in [5.74, 6) is 4.76. The van der Waals surface area contributed by atoms with Crippen LogP contribution in [0.2, 0.25) is 10.4 Å². The SMILES string of the molecule is CCOC=C(C#N)C#N.CNN.Cn1ncc(C#N)c1N.Cn1ncc(C(N)=O)c1N.Cn1ncc2c(=O)[nH]c(=O)[nH]c21.Cn1ncc2c(Cl)nc(Cl)nc21.NC(N)=O.O=S(=O)(O)O. The van der Waals surface area contributed by atoms with Crippen molar-refractivity contribution in [1.29, 1.82) is 15.8 Å². The molecule has 0 bridgehead atoms. The lowest BCUT2D eigenvalue weighted by atomic mass is 10.3. The maximum absolute atomic E-state index is 11.1. The number of hydrazine groups is 1. The predicted molar refractivity (Wildman–Crippen MR) is 229 cm³/mol. The van der Waals surface area contributed by atoms with Crippen LogP contribution in [0.25, 0.3) is 22.1 Å². The first kappa shape index (κ1) is 57.9. The predicted octanol–water partition coefficient (Wildman–Crippen LogP) is -2.00. The highest BCUT2D eigenvalue weighted by Crippen LogP contribution is 2.20. The third-order valence-electron chi connectivity index (χ3n) is 6.12. The van der Waals surface area contributed by atoms with E-state index in [1.54, 1.807) is 65.2 Å². The number of H-pyrrole nitrogens is 2. The molecule has 0 spiro atoms. The summed E-state index contributed by atoms with van der Waals surface area (Å²) in [6.07, 6.45) is 6.95. The zero-order chi connectivity index (χ0) is 49.9. The Morgan fingerprint density at radius 1 is 0.859 bits per heavy atom. The standard InChI is InChI=1S/C6H4Cl2N4.C6H6N4O2.C6H6N2O.C5H8N4O.C5H6N4.CH4N2O.CH6N2.H2O4S/c1-12-5-3(2-9-12)4(7)10-6(8)11-5;1-10-4-3(2-7-10)5(11)9-6(12)8-4;1-2-9-5-6(3-7)4-8;1-9-4(6)3(2-8-9)5(7)10;1-9-5(7)4(2-6)3-8-9;2-1(3)4;1-3-2;1-5(2,3)4/h2H,1H3;2H,1H3,(H2,8,9,11,12);5H,2H2,1H3;2H,6H2,1H3,(H2,7,10);3H,7H2,1H3;(H4,2,3,4);3H,2H2,1H3;(H2,1,2,3,4). The van der Waals surface area contributed by atoms with E-state index in [-0.39, 0.29) is 16.4 Å². The van der Waals surface area contributed by atoms with Gasteiger partial charge in [0.2, 0.25) is 5.28 Å². The minimum absolute atomic E-state index is 0.00292. The fourth-order valence-electron chi connectivity index (χ4n) is 3.44. The molecule has 6 aromatic heterocycles. The molecule has 34 heteroatoms. The second-order valence-electron chi connectivity index (χ2n) is 10.7. The summed E-state index contributed by atoms with van der Waals surface area (Å²) < 4.78 is 42.1. The van der Waals surface area contributed by atoms with Crippen molar-refractivity contribution in [3.05, 3.63) is 79.0 Å². The Hall–Kier alpha value is -8.16. The first-order valence-electron chi connectivity index (χ1n) is 16.4. The number of halogens is 2. The van der Waals surface area contributed by atoms with Gasteiger partial charge < -0.3 is 33.4 Å². The second kappa shape index (κ2) is 29.2. The zero-order valence-corrected chi connectivity index (χ0v) is 36.6. The number of fused-ring (bicyclic) bond motifs is 2. The number of primary amides is 3. The van der Waals surface area contributed by atoms with Crippen LogP contribution in [-0.4, -0.2) is 102 Å². The van der Waals surface area contributed by atoms with Gasteiger partial charge in [-0.3, -0.25) is 58.7 Å². The first-order chi connectivity index (χ1) is 29.7. The molecule has 0 aliphatic rings. The molecule has 0 saturated heterocycles. The maximum Gasteiger partial charge on any atom is 0.394 e. The summed E-state index contributed by atoms with van der Waals surface area (Å²) >= 11 is 11.4. The minimum atomic E-state index is -4.67. The lowest BCUT2D eigenvalue weighted by Gasteiger charge is -1.94. The van der Waals surface area contributed by atoms with Crippen LogP contribution in [0.4, 0.5) is 16.4 Å². The molecule has 64 heavy (non-hydrogen) atoms. The molecule has 0 aromatic carbocycles. The van der Waals surface area contributed by atoms with E-state index in [9.17, 15) is 14.4 Å². The fraction of sp³-hybridized carbons (Fsp3) is 0.233. The van der Waals surface area contributed by atoms with Crippen LogP contribution in [0.15, 0.2) is 46.2 Å². The topological polar surface area (TPSA) is 520 Å². The van der Waals surface area contributed by atoms with Crippen molar-refractivity contribution in [2.75, 3.05) is 25.1 Å². The number of nitrogen functional groups attached to an aromatic ring is 2. The van der Waals surface area contributed by atoms with Gasteiger partial charge >= 0.3 is 22.1 Å². The highest BCUT2D eigenvalue weighted by molar-refractivity contribution is 7.79. The van der Waals surface area contributed by atoms with Gasteiger partial charge in [-0.1, -0.05) is 11.6 Å². The van der Waals surface area contributed by atoms with Gasteiger partial charge in [-0.15, -0.1) is 0 Å². The molecule has 17 N–H and O–H groups in total. The number of urea groups is 1. The van der Waals surface area contributed by atoms with Gasteiger partial charge in [0.1, 0.15) is 63.4 Å². The number of carbonyl (C=O) groups is 2. The number of nitrogens with one attached hydrogen (secondary N) is 3. The highest BCUT2D eigenvalue weighted by atomic mass is 35.5. The Morgan fingerprint density at radius 2 is 1.33 bits per heavy atom. The number of aromatic nitrogens is 12. The number of aryl methyl sites for hydroxylation is 4. The Labute approximate surface area is 370 Å². The highest BCUT2D eigenvalue weighted by Gasteiger charge is 2.09. The van der Waals surface area contributed by atoms with Crippen molar-refractivity contribution in [2.45, 2.75) is 6.92 Å². The van der Waals surface area contributed by atoms with E-state index in [4.69, 9.17) is 78.5 Å². The lowest BCUT2D eigenvalue weighted by molar-refractivity contribution is 0.100. The molecule has 6 rings (SSSR count). The summed E-state index contributed by atoms with van der Waals surface area (Å²) in [6, 6.07) is 4.40. The van der Waals surface area contributed by atoms with Gasteiger partial charge in [-0.05, 0) is 25.6 Å². The molecule has 6 aromatic rings. The van der Waals surface area contributed by atoms with E-state index >= 15 is 0 Å². The smallest absolute Gasteiger partial charge is 0.394 e. The van der Waals surface area contributed by atoms with Crippen LogP contribution in [0.3, 0.4) is 0 Å². The second-order valence-corrected chi connectivity index (χ2v) is 12.3. The molecule has 0 aliphatic heterocycles. The third-order valence-corrected chi connectivity index (χ3v) is 6.58. The van der Waals surface area contributed by atoms with E-state index in [2.05, 4.69) is 67.8 Å². The van der Waals surface area contributed by atoms with Crippen LogP contribution in [0, 0.1) is 34.0 Å². The molecule has 31 nitrogen and oxygen atoms in total. The Morgan fingerprint density at radius 3 is 1.72 bits per heavy atom. The van der Waals surface area contributed by atoms with Gasteiger partial charge in [0.15, 0.2) is 11.2 Å². The van der Waals surface area contributed by atoms with Crippen molar-refractivity contribution < 1.29 is 31.8 Å². The van der Waals surface area contributed by atoms with Crippen LogP contribution in [-0.2, 0) is 43.3 Å². The van der Waals surface area contributed by atoms with Crippen LogP contribution < -0.4 is 51.2 Å². The number of hydrogen-bond acceptors (Lipinski definition) is 20. The monoisotopic (exact) mass is 956 g/mol. The van der Waals surface area contributed by atoms with Crippen LogP contribution in [0.5, 0.6) is 0 Å². The van der Waals surface area contributed by atoms with Gasteiger partial charge in [-0.25, -0.2) is 14.6 Å². The van der Waals surface area contributed by atoms with Crippen LogP contribution >= 0.6 is 23.2 Å². The van der Waals surface area contributed by atoms with Crippen molar-refractivity contribution in [3.8, 4) is 18.2 Å². The van der Waals surface area contributed by atoms with Gasteiger partial charge in [0, 0.05) is 28.2 Å². The summed E-state index contributed by atoms with van der Waals surface area (Å²) in [7, 11) is 3.73.